The van der Waals surface area contributed by atoms with Crippen LogP contribution in [0.1, 0.15) is 60.9 Å². The normalized spacial score (nSPS) is 21.5. The molecule has 114 valence electrons. The number of carbonyl (C=O) groups excluding carboxylic acids is 1. The van der Waals surface area contributed by atoms with Gasteiger partial charge in [0, 0.05) is 13.1 Å². The second-order valence-electron chi connectivity index (χ2n) is 6.82. The monoisotopic (exact) mass is 287 g/mol. The molecule has 1 aliphatic heterocycles. The van der Waals surface area contributed by atoms with Crippen molar-refractivity contribution in [1.82, 2.24) is 4.90 Å². The highest BCUT2D eigenvalue weighted by atomic mass is 16.3. The maximum absolute atomic E-state index is 12.6. The molecule has 3 nitrogen and oxygen atoms in total. The molecule has 0 atom stereocenters. The van der Waals surface area contributed by atoms with Gasteiger partial charge < -0.3 is 10.0 Å². The number of aryl methyl sites for hydroxylation is 1. The van der Waals surface area contributed by atoms with Crippen molar-refractivity contribution in [3.8, 4) is 5.75 Å². The van der Waals surface area contributed by atoms with Gasteiger partial charge in [-0.05, 0) is 49.7 Å². The van der Waals surface area contributed by atoms with E-state index in [-0.39, 0.29) is 11.7 Å². The summed E-state index contributed by atoms with van der Waals surface area (Å²) in [5.74, 6) is 0.127. The molecule has 1 aliphatic carbocycles. The van der Waals surface area contributed by atoms with Gasteiger partial charge in [-0.1, -0.05) is 31.4 Å². The molecule has 1 aromatic carbocycles. The number of rotatable bonds is 1. The highest BCUT2D eigenvalue weighted by Gasteiger charge is 2.37. The number of carbonyl (C=O) groups is 1. The fraction of sp³-hybridized carbons (Fsp3) is 0.611. The number of hydrogen-bond acceptors (Lipinski definition) is 2. The van der Waals surface area contributed by atoms with Gasteiger partial charge in [-0.25, -0.2) is 0 Å². The Bertz CT molecular complexity index is 522. The van der Waals surface area contributed by atoms with Gasteiger partial charge in [0.15, 0.2) is 0 Å². The molecule has 0 aromatic heterocycles. The second-order valence-corrected chi connectivity index (χ2v) is 6.82. The summed E-state index contributed by atoms with van der Waals surface area (Å²) in [4.78, 5) is 14.5. The fourth-order valence-electron chi connectivity index (χ4n) is 3.99. The van der Waals surface area contributed by atoms with E-state index in [1.165, 1.54) is 32.1 Å². The van der Waals surface area contributed by atoms with Gasteiger partial charge in [0.2, 0.25) is 0 Å². The maximum atomic E-state index is 12.6. The van der Waals surface area contributed by atoms with Crippen LogP contribution in [0.15, 0.2) is 18.2 Å². The third kappa shape index (κ3) is 2.78. The zero-order valence-corrected chi connectivity index (χ0v) is 12.9. The predicted octanol–water partition coefficient (Wildman–Crippen LogP) is 3.89. The number of benzene rings is 1. The van der Waals surface area contributed by atoms with Crippen molar-refractivity contribution in [2.45, 2.75) is 51.9 Å². The Kier molecular flexibility index (Phi) is 3.92. The number of aromatic hydroxyl groups is 1. The lowest BCUT2D eigenvalue weighted by molar-refractivity contribution is 0.0469. The number of nitrogens with zero attached hydrogens (tertiary/aromatic N) is 1. The van der Waals surface area contributed by atoms with Crippen LogP contribution in [0.4, 0.5) is 0 Å². The molecule has 1 saturated carbocycles. The first-order valence-electron chi connectivity index (χ1n) is 8.19. The van der Waals surface area contributed by atoms with Gasteiger partial charge in [-0.15, -0.1) is 0 Å². The van der Waals surface area contributed by atoms with E-state index < -0.39 is 0 Å². The first-order valence-corrected chi connectivity index (χ1v) is 8.19. The Hall–Kier alpha value is -1.51. The smallest absolute Gasteiger partial charge is 0.257 e. The lowest BCUT2D eigenvalue weighted by Gasteiger charge is -2.44. The van der Waals surface area contributed by atoms with E-state index in [0.717, 1.165) is 31.5 Å². The number of para-hydroxylation sites is 1. The molecule has 21 heavy (non-hydrogen) atoms. The molecule has 1 amide bonds. The largest absolute Gasteiger partial charge is 0.507 e. The van der Waals surface area contributed by atoms with Gasteiger partial charge in [0.05, 0.1) is 5.56 Å². The number of phenols is 1. The number of phenolic OH excluding ortho intramolecular Hbond substituents is 1. The molecule has 1 aromatic rings. The van der Waals surface area contributed by atoms with E-state index in [9.17, 15) is 9.90 Å². The number of hydrogen-bond donors (Lipinski definition) is 1. The third-order valence-corrected chi connectivity index (χ3v) is 5.49. The van der Waals surface area contributed by atoms with E-state index in [1.807, 2.05) is 24.0 Å². The summed E-state index contributed by atoms with van der Waals surface area (Å²) in [7, 11) is 0. The van der Waals surface area contributed by atoms with Crippen molar-refractivity contribution in [3.05, 3.63) is 29.3 Å². The summed E-state index contributed by atoms with van der Waals surface area (Å²) in [5.41, 5.74) is 1.72. The van der Waals surface area contributed by atoms with E-state index in [4.69, 9.17) is 0 Å². The first-order chi connectivity index (χ1) is 10.1. The van der Waals surface area contributed by atoms with Crippen LogP contribution in [-0.4, -0.2) is 29.0 Å². The molecule has 0 unspecified atom stereocenters. The molecule has 0 bridgehead atoms. The van der Waals surface area contributed by atoms with Gasteiger partial charge in [0.25, 0.3) is 5.91 Å². The molecule has 3 rings (SSSR count). The molecular weight excluding hydrogens is 262 g/mol. The van der Waals surface area contributed by atoms with Crippen molar-refractivity contribution >= 4 is 5.91 Å². The van der Waals surface area contributed by atoms with Crippen LogP contribution >= 0.6 is 0 Å². The van der Waals surface area contributed by atoms with Crippen molar-refractivity contribution in [1.29, 1.82) is 0 Å². The van der Waals surface area contributed by atoms with Crippen LogP contribution in [0.2, 0.25) is 0 Å². The highest BCUT2D eigenvalue weighted by molar-refractivity contribution is 5.97. The number of amides is 1. The van der Waals surface area contributed by atoms with Crippen molar-refractivity contribution < 1.29 is 9.90 Å². The summed E-state index contributed by atoms with van der Waals surface area (Å²) in [6, 6.07) is 5.41. The average Bonchev–Trinajstić information content (AvgIpc) is 2.51. The van der Waals surface area contributed by atoms with Gasteiger partial charge >= 0.3 is 0 Å². The van der Waals surface area contributed by atoms with E-state index in [2.05, 4.69) is 0 Å². The van der Waals surface area contributed by atoms with Crippen LogP contribution < -0.4 is 0 Å². The average molecular weight is 287 g/mol. The van der Waals surface area contributed by atoms with Gasteiger partial charge in [-0.3, -0.25) is 4.79 Å². The molecule has 1 saturated heterocycles. The topological polar surface area (TPSA) is 40.5 Å². The Labute approximate surface area is 127 Å². The molecule has 2 fully saturated rings. The summed E-state index contributed by atoms with van der Waals surface area (Å²) in [5, 5.41) is 10.1. The predicted molar refractivity (Wildman–Crippen MR) is 83.5 cm³/mol. The molecule has 1 heterocycles. The van der Waals surface area contributed by atoms with Crippen LogP contribution in [0.3, 0.4) is 0 Å². The number of likely N-dealkylation sites (tertiary alicyclic amines) is 1. The molecular formula is C18H25NO2. The molecule has 2 aliphatic rings. The summed E-state index contributed by atoms with van der Waals surface area (Å²) in [6.45, 7) is 3.51. The Balaban J connectivity index is 1.69. The molecule has 3 heteroatoms. The molecule has 1 N–H and O–H groups in total. The molecule has 0 radical (unpaired) electrons. The van der Waals surface area contributed by atoms with Gasteiger partial charge in [0.1, 0.15) is 5.75 Å². The standard InChI is InChI=1S/C18H25NO2/c1-14-6-5-7-15(16(14)20)17(21)19-12-10-18(11-13-19)8-3-2-4-9-18/h5-7,20H,2-4,8-13H2,1H3. The summed E-state index contributed by atoms with van der Waals surface area (Å²) in [6.07, 6.45) is 9.02. The Morgan fingerprint density at radius 3 is 2.43 bits per heavy atom. The Morgan fingerprint density at radius 1 is 1.10 bits per heavy atom. The van der Waals surface area contributed by atoms with Crippen LogP contribution in [0.5, 0.6) is 5.75 Å². The van der Waals surface area contributed by atoms with Crippen LogP contribution in [0.25, 0.3) is 0 Å². The molecule has 1 spiro atoms. The third-order valence-electron chi connectivity index (χ3n) is 5.49. The van der Waals surface area contributed by atoms with Crippen LogP contribution in [-0.2, 0) is 0 Å². The Morgan fingerprint density at radius 2 is 1.76 bits per heavy atom. The van der Waals surface area contributed by atoms with Gasteiger partial charge in [-0.2, -0.15) is 0 Å². The zero-order valence-electron chi connectivity index (χ0n) is 12.9. The SMILES string of the molecule is Cc1cccc(C(=O)N2CCC3(CCCCC3)CC2)c1O. The fourth-order valence-corrected chi connectivity index (χ4v) is 3.99. The minimum atomic E-state index is -0.0122. The lowest BCUT2D eigenvalue weighted by atomic mass is 9.68. The van der Waals surface area contributed by atoms with E-state index >= 15 is 0 Å². The maximum Gasteiger partial charge on any atom is 0.257 e. The van der Waals surface area contributed by atoms with E-state index in [0.29, 0.717) is 11.0 Å². The summed E-state index contributed by atoms with van der Waals surface area (Å²) >= 11 is 0. The van der Waals surface area contributed by atoms with E-state index in [1.54, 1.807) is 6.07 Å². The van der Waals surface area contributed by atoms with Crippen molar-refractivity contribution in [3.63, 3.8) is 0 Å². The quantitative estimate of drug-likeness (QED) is 0.851. The minimum Gasteiger partial charge on any atom is -0.507 e. The number of piperidine rings is 1. The zero-order chi connectivity index (χ0) is 14.9. The minimum absolute atomic E-state index is 0.0122. The van der Waals surface area contributed by atoms with Crippen molar-refractivity contribution in [2.24, 2.45) is 5.41 Å². The highest BCUT2D eigenvalue weighted by Crippen LogP contribution is 2.44. The summed E-state index contributed by atoms with van der Waals surface area (Å²) < 4.78 is 0. The second kappa shape index (κ2) is 5.70. The lowest BCUT2D eigenvalue weighted by Crippen LogP contribution is -2.43. The first kappa shape index (κ1) is 14.4. The van der Waals surface area contributed by atoms with Crippen molar-refractivity contribution in [2.75, 3.05) is 13.1 Å². The van der Waals surface area contributed by atoms with Crippen LogP contribution in [0, 0.1) is 12.3 Å².